The van der Waals surface area contributed by atoms with Gasteiger partial charge in [-0.3, -0.25) is 0 Å². The minimum atomic E-state index is -0.521. The van der Waals surface area contributed by atoms with Crippen LogP contribution in [0.15, 0.2) is 0 Å². The first kappa shape index (κ1) is 14.4. The Morgan fingerprint density at radius 1 is 1.25 bits per heavy atom. The first-order chi connectivity index (χ1) is 5.22. The number of aliphatic hydroxyl groups excluding tert-OH is 2. The zero-order valence-corrected chi connectivity index (χ0v) is 7.58. The van der Waals surface area contributed by atoms with Crippen LogP contribution >= 0.6 is 0 Å². The first-order valence-electron chi connectivity index (χ1n) is 4.51. The van der Waals surface area contributed by atoms with Crippen LogP contribution in [0.5, 0.6) is 0 Å². The quantitative estimate of drug-likeness (QED) is 0.609. The molecule has 0 rings (SSSR count). The Morgan fingerprint density at radius 3 is 2.25 bits per heavy atom. The number of hydrogen-bond donors (Lipinski definition) is 2. The van der Waals surface area contributed by atoms with Crippen molar-refractivity contribution in [3.8, 4) is 0 Å². The van der Waals surface area contributed by atoms with Gasteiger partial charge in [0.05, 0.1) is 12.7 Å². The summed E-state index contributed by atoms with van der Waals surface area (Å²) in [4.78, 5) is 0. The van der Waals surface area contributed by atoms with Crippen LogP contribution in [0, 0.1) is 5.92 Å². The van der Waals surface area contributed by atoms with E-state index in [4.69, 9.17) is 5.11 Å². The van der Waals surface area contributed by atoms with Gasteiger partial charge in [0.25, 0.3) is 0 Å². The highest BCUT2D eigenvalue weighted by Crippen LogP contribution is 2.12. The van der Waals surface area contributed by atoms with E-state index in [0.717, 1.165) is 12.8 Å². The predicted molar refractivity (Wildman–Crippen MR) is 53.1 cm³/mol. The number of hydrogen-bond acceptors (Lipinski definition) is 2. The van der Waals surface area contributed by atoms with E-state index in [1.807, 2.05) is 6.92 Å². The lowest BCUT2D eigenvalue weighted by atomic mass is 9.98. The van der Waals surface area contributed by atoms with Gasteiger partial charge in [0.1, 0.15) is 0 Å². The normalized spacial score (nSPS) is 15.0. The maximum Gasteiger partial charge on any atom is 0.0796 e. The molecule has 0 aromatic heterocycles. The van der Waals surface area contributed by atoms with Crippen molar-refractivity contribution in [1.29, 1.82) is 0 Å². The molecule has 0 aromatic rings. The molecular formula is C10H24O2. The largest absolute Gasteiger partial charge is 0.394 e. The van der Waals surface area contributed by atoms with Crippen LogP contribution in [0.25, 0.3) is 0 Å². The Kier molecular flexibility index (Phi) is 10.8. The van der Waals surface area contributed by atoms with Crippen molar-refractivity contribution < 1.29 is 10.2 Å². The molecule has 0 heterocycles. The second kappa shape index (κ2) is 9.01. The van der Waals surface area contributed by atoms with Crippen LogP contribution in [-0.2, 0) is 0 Å². The summed E-state index contributed by atoms with van der Waals surface area (Å²) in [6, 6.07) is 0. The van der Waals surface area contributed by atoms with Gasteiger partial charge in [-0.05, 0) is 12.3 Å². The van der Waals surface area contributed by atoms with E-state index in [-0.39, 0.29) is 20.0 Å². The Morgan fingerprint density at radius 2 is 1.83 bits per heavy atom. The molecule has 12 heavy (non-hydrogen) atoms. The summed E-state index contributed by atoms with van der Waals surface area (Å²) in [5, 5.41) is 17.8. The Hall–Kier alpha value is -0.0800. The van der Waals surface area contributed by atoms with Gasteiger partial charge >= 0.3 is 0 Å². The lowest BCUT2D eigenvalue weighted by Gasteiger charge is -2.15. The van der Waals surface area contributed by atoms with E-state index >= 15 is 0 Å². The number of aliphatic hydroxyl groups is 2. The molecule has 0 radical (unpaired) electrons. The third-order valence-corrected chi connectivity index (χ3v) is 2.11. The SMILES string of the molecule is C.CCCCCC(C)C(O)CO. The van der Waals surface area contributed by atoms with Gasteiger partial charge in [-0.2, -0.15) is 0 Å². The molecular weight excluding hydrogens is 152 g/mol. The van der Waals surface area contributed by atoms with Gasteiger partial charge in [0, 0.05) is 0 Å². The van der Waals surface area contributed by atoms with Crippen LogP contribution in [0.1, 0.15) is 47.0 Å². The van der Waals surface area contributed by atoms with Gasteiger partial charge in [0.2, 0.25) is 0 Å². The summed E-state index contributed by atoms with van der Waals surface area (Å²) < 4.78 is 0. The van der Waals surface area contributed by atoms with Crippen molar-refractivity contribution in [1.82, 2.24) is 0 Å². The Bertz CT molecular complexity index is 83.9. The Balaban J connectivity index is 0. The average molecular weight is 176 g/mol. The maximum absolute atomic E-state index is 9.18. The molecule has 0 amide bonds. The Labute approximate surface area is 76.6 Å². The molecule has 0 aliphatic rings. The minimum Gasteiger partial charge on any atom is -0.394 e. The molecule has 0 spiro atoms. The molecule has 0 aromatic carbocycles. The van der Waals surface area contributed by atoms with E-state index in [9.17, 15) is 5.11 Å². The molecule has 2 unspecified atom stereocenters. The highest BCUT2D eigenvalue weighted by Gasteiger charge is 2.11. The first-order valence-corrected chi connectivity index (χ1v) is 4.51. The molecule has 76 valence electrons. The molecule has 0 aliphatic heterocycles. The maximum atomic E-state index is 9.18. The lowest BCUT2D eigenvalue weighted by molar-refractivity contribution is 0.0495. The molecule has 2 heteroatoms. The second-order valence-corrected chi connectivity index (χ2v) is 3.22. The molecule has 2 N–H and O–H groups in total. The number of unbranched alkanes of at least 4 members (excludes halogenated alkanes) is 2. The van der Waals surface area contributed by atoms with Crippen molar-refractivity contribution in [2.45, 2.75) is 53.1 Å². The van der Waals surface area contributed by atoms with E-state index < -0.39 is 6.10 Å². The summed E-state index contributed by atoms with van der Waals surface area (Å²) in [5.74, 6) is 0.242. The summed E-state index contributed by atoms with van der Waals surface area (Å²) in [7, 11) is 0. The van der Waals surface area contributed by atoms with Crippen LogP contribution < -0.4 is 0 Å². The topological polar surface area (TPSA) is 40.5 Å². The van der Waals surface area contributed by atoms with Gasteiger partial charge < -0.3 is 10.2 Å². The third-order valence-electron chi connectivity index (χ3n) is 2.11. The van der Waals surface area contributed by atoms with Gasteiger partial charge in [-0.1, -0.05) is 40.5 Å². The van der Waals surface area contributed by atoms with E-state index in [1.54, 1.807) is 0 Å². The molecule has 0 saturated heterocycles. The van der Waals surface area contributed by atoms with Crippen LogP contribution in [-0.4, -0.2) is 22.9 Å². The van der Waals surface area contributed by atoms with Crippen molar-refractivity contribution in [2.24, 2.45) is 5.92 Å². The third kappa shape index (κ3) is 6.62. The van der Waals surface area contributed by atoms with Crippen LogP contribution in [0.2, 0.25) is 0 Å². The van der Waals surface area contributed by atoms with E-state index in [2.05, 4.69) is 6.92 Å². The zero-order valence-electron chi connectivity index (χ0n) is 7.58. The summed E-state index contributed by atoms with van der Waals surface area (Å²) in [6.45, 7) is 4.04. The predicted octanol–water partition coefficient (Wildman–Crippen LogP) is 2.19. The van der Waals surface area contributed by atoms with Gasteiger partial charge in [0.15, 0.2) is 0 Å². The van der Waals surface area contributed by atoms with Crippen molar-refractivity contribution in [3.05, 3.63) is 0 Å². The van der Waals surface area contributed by atoms with Crippen molar-refractivity contribution in [2.75, 3.05) is 6.61 Å². The highest BCUT2D eigenvalue weighted by atomic mass is 16.3. The van der Waals surface area contributed by atoms with Gasteiger partial charge in [-0.25, -0.2) is 0 Å². The highest BCUT2D eigenvalue weighted by molar-refractivity contribution is 4.62. The summed E-state index contributed by atoms with van der Waals surface area (Å²) in [5.41, 5.74) is 0. The fraction of sp³-hybridized carbons (Fsp3) is 1.00. The minimum absolute atomic E-state index is 0. The monoisotopic (exact) mass is 176 g/mol. The molecule has 0 bridgehead atoms. The van der Waals surface area contributed by atoms with Crippen LogP contribution in [0.4, 0.5) is 0 Å². The van der Waals surface area contributed by atoms with Crippen LogP contribution in [0.3, 0.4) is 0 Å². The molecule has 2 atom stereocenters. The molecule has 2 nitrogen and oxygen atoms in total. The number of rotatable bonds is 6. The smallest absolute Gasteiger partial charge is 0.0796 e. The van der Waals surface area contributed by atoms with Gasteiger partial charge in [-0.15, -0.1) is 0 Å². The second-order valence-electron chi connectivity index (χ2n) is 3.22. The summed E-state index contributed by atoms with van der Waals surface area (Å²) in [6.07, 6.45) is 4.10. The summed E-state index contributed by atoms with van der Waals surface area (Å²) >= 11 is 0. The fourth-order valence-electron chi connectivity index (χ4n) is 1.09. The fourth-order valence-corrected chi connectivity index (χ4v) is 1.09. The van der Waals surface area contributed by atoms with E-state index in [0.29, 0.717) is 0 Å². The van der Waals surface area contributed by atoms with Crippen molar-refractivity contribution in [3.63, 3.8) is 0 Å². The zero-order chi connectivity index (χ0) is 8.69. The van der Waals surface area contributed by atoms with Crippen molar-refractivity contribution >= 4 is 0 Å². The average Bonchev–Trinajstić information content (AvgIpc) is 2.03. The molecule has 0 aliphatic carbocycles. The van der Waals surface area contributed by atoms with E-state index in [1.165, 1.54) is 12.8 Å². The standard InChI is InChI=1S/C9H20O2.CH4/c1-3-4-5-6-8(2)9(11)7-10;/h8-11H,3-7H2,1-2H3;1H4. The molecule has 0 fully saturated rings. The molecule has 0 saturated carbocycles. The lowest BCUT2D eigenvalue weighted by Crippen LogP contribution is -2.21.